The van der Waals surface area contributed by atoms with Gasteiger partial charge in [-0.1, -0.05) is 13.3 Å². The van der Waals surface area contributed by atoms with Gasteiger partial charge in [0.25, 0.3) is 0 Å². The summed E-state index contributed by atoms with van der Waals surface area (Å²) in [6, 6.07) is 1.24. The van der Waals surface area contributed by atoms with E-state index in [0.717, 1.165) is 19.5 Å². The van der Waals surface area contributed by atoms with Gasteiger partial charge in [0.05, 0.1) is 6.54 Å². The van der Waals surface area contributed by atoms with E-state index >= 15 is 0 Å². The molecule has 0 spiro atoms. The highest BCUT2D eigenvalue weighted by Crippen LogP contribution is 2.20. The van der Waals surface area contributed by atoms with Gasteiger partial charge in [-0.05, 0) is 53.1 Å². The van der Waals surface area contributed by atoms with Crippen LogP contribution >= 0.6 is 0 Å². The number of nitrogens with one attached hydrogen (secondary N) is 1. The van der Waals surface area contributed by atoms with Gasteiger partial charge >= 0.3 is 0 Å². The van der Waals surface area contributed by atoms with Crippen LogP contribution in [0.5, 0.6) is 0 Å². The summed E-state index contributed by atoms with van der Waals surface area (Å²) in [5.74, 6) is 0.245. The van der Waals surface area contributed by atoms with Crippen LogP contribution in [0.1, 0.15) is 53.4 Å². The van der Waals surface area contributed by atoms with Crippen LogP contribution < -0.4 is 5.32 Å². The molecule has 1 amide bonds. The minimum Gasteiger partial charge on any atom is -0.342 e. The van der Waals surface area contributed by atoms with Crippen molar-refractivity contribution in [2.45, 2.75) is 71.5 Å². The minimum atomic E-state index is 0.245. The molecule has 1 N–H and O–H groups in total. The first-order chi connectivity index (χ1) is 9.47. The molecule has 0 aromatic rings. The molecule has 0 bridgehead atoms. The van der Waals surface area contributed by atoms with Crippen LogP contribution in [0.2, 0.25) is 0 Å². The van der Waals surface area contributed by atoms with Crippen molar-refractivity contribution in [3.63, 3.8) is 0 Å². The lowest BCUT2D eigenvalue weighted by Gasteiger charge is -2.40. The van der Waals surface area contributed by atoms with Crippen molar-refractivity contribution < 1.29 is 4.79 Å². The highest BCUT2D eigenvalue weighted by atomic mass is 16.2. The van der Waals surface area contributed by atoms with E-state index in [1.165, 1.54) is 19.3 Å². The number of rotatable bonds is 7. The molecule has 2 unspecified atom stereocenters. The molecule has 0 aromatic carbocycles. The number of nitrogens with zero attached hydrogens (tertiary/aromatic N) is 2. The molecule has 1 saturated heterocycles. The lowest BCUT2D eigenvalue weighted by Crippen LogP contribution is -2.54. The van der Waals surface area contributed by atoms with Crippen LogP contribution in [0.15, 0.2) is 0 Å². The molecule has 0 aliphatic carbocycles. The van der Waals surface area contributed by atoms with Gasteiger partial charge < -0.3 is 10.2 Å². The SMILES string of the molecule is CCCNC(C)C1CCCCN1CC(=O)N(C)C(C)C. The van der Waals surface area contributed by atoms with Crippen LogP contribution in [0.3, 0.4) is 0 Å². The Hall–Kier alpha value is -0.610. The summed E-state index contributed by atoms with van der Waals surface area (Å²) >= 11 is 0. The van der Waals surface area contributed by atoms with Crippen molar-refractivity contribution in [2.24, 2.45) is 0 Å². The van der Waals surface area contributed by atoms with E-state index in [1.54, 1.807) is 0 Å². The van der Waals surface area contributed by atoms with E-state index in [-0.39, 0.29) is 11.9 Å². The molecular formula is C16H33N3O. The van der Waals surface area contributed by atoms with Crippen LogP contribution in [0.4, 0.5) is 0 Å². The molecule has 1 rings (SSSR count). The van der Waals surface area contributed by atoms with Crippen LogP contribution in [0, 0.1) is 0 Å². The van der Waals surface area contributed by atoms with Crippen molar-refractivity contribution in [1.82, 2.24) is 15.1 Å². The molecule has 1 heterocycles. The zero-order chi connectivity index (χ0) is 15.1. The van der Waals surface area contributed by atoms with Gasteiger partial charge in [0.2, 0.25) is 5.91 Å². The van der Waals surface area contributed by atoms with E-state index in [2.05, 4.69) is 37.9 Å². The first-order valence-electron chi connectivity index (χ1n) is 8.20. The maximum atomic E-state index is 12.3. The smallest absolute Gasteiger partial charge is 0.236 e. The van der Waals surface area contributed by atoms with Crippen molar-refractivity contribution in [2.75, 3.05) is 26.7 Å². The number of hydrogen-bond acceptors (Lipinski definition) is 3. The van der Waals surface area contributed by atoms with Gasteiger partial charge in [-0.3, -0.25) is 9.69 Å². The molecule has 4 heteroatoms. The molecule has 118 valence electrons. The van der Waals surface area contributed by atoms with Gasteiger partial charge in [-0.2, -0.15) is 0 Å². The quantitative estimate of drug-likeness (QED) is 0.777. The van der Waals surface area contributed by atoms with E-state index in [0.29, 0.717) is 18.6 Å². The Balaban J connectivity index is 2.57. The fourth-order valence-electron chi connectivity index (χ4n) is 2.86. The molecule has 0 aromatic heterocycles. The fourth-order valence-corrected chi connectivity index (χ4v) is 2.86. The molecular weight excluding hydrogens is 250 g/mol. The molecule has 0 radical (unpaired) electrons. The van der Waals surface area contributed by atoms with Gasteiger partial charge in [0.1, 0.15) is 0 Å². The maximum Gasteiger partial charge on any atom is 0.236 e. The second-order valence-corrected chi connectivity index (χ2v) is 6.37. The highest BCUT2D eigenvalue weighted by molar-refractivity contribution is 5.78. The number of likely N-dealkylation sites (N-methyl/N-ethyl adjacent to an activating group) is 1. The van der Waals surface area contributed by atoms with E-state index < -0.39 is 0 Å². The van der Waals surface area contributed by atoms with Crippen molar-refractivity contribution in [1.29, 1.82) is 0 Å². The molecule has 4 nitrogen and oxygen atoms in total. The topological polar surface area (TPSA) is 35.6 Å². The van der Waals surface area contributed by atoms with E-state index in [9.17, 15) is 4.79 Å². The Kier molecular flexibility index (Phi) is 7.52. The summed E-state index contributed by atoms with van der Waals surface area (Å²) in [4.78, 5) is 16.5. The van der Waals surface area contributed by atoms with Crippen LogP contribution in [-0.4, -0.2) is 60.5 Å². The monoisotopic (exact) mass is 283 g/mol. The van der Waals surface area contributed by atoms with Crippen molar-refractivity contribution in [3.05, 3.63) is 0 Å². The number of likely N-dealkylation sites (tertiary alicyclic amines) is 1. The first-order valence-corrected chi connectivity index (χ1v) is 8.20. The number of carbonyl (C=O) groups excluding carboxylic acids is 1. The average Bonchev–Trinajstić information content (AvgIpc) is 2.44. The second kappa shape index (κ2) is 8.63. The summed E-state index contributed by atoms with van der Waals surface area (Å²) in [6.07, 6.45) is 4.87. The molecule has 0 saturated carbocycles. The molecule has 2 atom stereocenters. The molecule has 1 aliphatic heterocycles. The molecule has 20 heavy (non-hydrogen) atoms. The van der Waals surface area contributed by atoms with Gasteiger partial charge in [-0.15, -0.1) is 0 Å². The minimum absolute atomic E-state index is 0.245. The Morgan fingerprint density at radius 2 is 2.05 bits per heavy atom. The Morgan fingerprint density at radius 1 is 1.35 bits per heavy atom. The van der Waals surface area contributed by atoms with Crippen molar-refractivity contribution >= 4 is 5.91 Å². The summed E-state index contributed by atoms with van der Waals surface area (Å²) in [5.41, 5.74) is 0. The second-order valence-electron chi connectivity index (χ2n) is 6.37. The standard InChI is InChI=1S/C16H33N3O/c1-6-10-17-14(4)15-9-7-8-11-19(15)12-16(20)18(5)13(2)3/h13-15,17H,6-12H2,1-5H3. The lowest BCUT2D eigenvalue weighted by molar-refractivity contribution is -0.133. The molecule has 1 aliphatic rings. The number of amides is 1. The van der Waals surface area contributed by atoms with E-state index in [4.69, 9.17) is 0 Å². The first kappa shape index (κ1) is 17.4. The predicted octanol–water partition coefficient (Wildman–Crippen LogP) is 2.10. The molecule has 1 fully saturated rings. The highest BCUT2D eigenvalue weighted by Gasteiger charge is 2.29. The van der Waals surface area contributed by atoms with Gasteiger partial charge in [0.15, 0.2) is 0 Å². The summed E-state index contributed by atoms with van der Waals surface area (Å²) < 4.78 is 0. The third kappa shape index (κ3) is 5.06. The average molecular weight is 283 g/mol. The number of carbonyl (C=O) groups is 1. The largest absolute Gasteiger partial charge is 0.342 e. The van der Waals surface area contributed by atoms with E-state index in [1.807, 2.05) is 11.9 Å². The van der Waals surface area contributed by atoms with Crippen LogP contribution in [-0.2, 0) is 4.79 Å². The Labute approximate surface area is 124 Å². The number of piperidine rings is 1. The van der Waals surface area contributed by atoms with Gasteiger partial charge in [-0.25, -0.2) is 0 Å². The maximum absolute atomic E-state index is 12.3. The summed E-state index contributed by atoms with van der Waals surface area (Å²) in [5, 5.41) is 3.59. The lowest BCUT2D eigenvalue weighted by atomic mass is 9.96. The fraction of sp³-hybridized carbons (Fsp3) is 0.938. The van der Waals surface area contributed by atoms with Gasteiger partial charge in [0, 0.05) is 25.2 Å². The van der Waals surface area contributed by atoms with Crippen LogP contribution in [0.25, 0.3) is 0 Å². The predicted molar refractivity (Wildman–Crippen MR) is 84.9 cm³/mol. The summed E-state index contributed by atoms with van der Waals surface area (Å²) in [6.45, 7) is 11.3. The Morgan fingerprint density at radius 3 is 2.65 bits per heavy atom. The third-order valence-electron chi connectivity index (χ3n) is 4.46. The third-order valence-corrected chi connectivity index (χ3v) is 4.46. The summed E-state index contributed by atoms with van der Waals surface area (Å²) in [7, 11) is 1.91. The zero-order valence-electron chi connectivity index (χ0n) is 14.0. The van der Waals surface area contributed by atoms with Crippen molar-refractivity contribution in [3.8, 4) is 0 Å². The Bertz CT molecular complexity index is 293. The number of hydrogen-bond donors (Lipinski definition) is 1. The normalized spacial score (nSPS) is 22.0. The zero-order valence-corrected chi connectivity index (χ0v) is 14.0.